The van der Waals surface area contributed by atoms with Crippen LogP contribution in [0.2, 0.25) is 0 Å². The highest BCUT2D eigenvalue weighted by molar-refractivity contribution is 6.06. The largest absolute Gasteiger partial charge is 0.308 e. The quantitative estimate of drug-likeness (QED) is 0.628. The van der Waals surface area contributed by atoms with E-state index in [4.69, 9.17) is 0 Å². The van der Waals surface area contributed by atoms with Gasteiger partial charge in [0.1, 0.15) is 0 Å². The van der Waals surface area contributed by atoms with Crippen molar-refractivity contribution >= 4 is 17.3 Å². The molecule has 0 aliphatic rings. The van der Waals surface area contributed by atoms with Crippen LogP contribution in [0, 0.1) is 30.9 Å². The van der Waals surface area contributed by atoms with E-state index in [1.165, 1.54) is 12.1 Å². The zero-order chi connectivity index (χ0) is 17.1. The highest BCUT2D eigenvalue weighted by Crippen LogP contribution is 2.25. The molecule has 0 N–H and O–H groups in total. The topological polar surface area (TPSA) is 63.5 Å². The first-order valence-electron chi connectivity index (χ1n) is 7.49. The Hall–Kier alpha value is -2.69. The summed E-state index contributed by atoms with van der Waals surface area (Å²) in [5.74, 6) is -0.154. The Morgan fingerprint density at radius 2 is 1.78 bits per heavy atom. The van der Waals surface area contributed by atoms with E-state index in [0.717, 1.165) is 16.8 Å². The number of hydrogen-bond acceptors (Lipinski definition) is 3. The van der Waals surface area contributed by atoms with Crippen molar-refractivity contribution in [1.29, 1.82) is 0 Å². The standard InChI is InChI=1S/C18H20N2O3/c1-5-19(17-10-12(2)6-7-13(17)3)18(21)15-8-9-16(20(22)23)14(4)11-15/h6-11H,5H2,1-4H3. The first-order chi connectivity index (χ1) is 10.8. The fourth-order valence-corrected chi connectivity index (χ4v) is 2.58. The van der Waals surface area contributed by atoms with Crippen molar-refractivity contribution in [2.75, 3.05) is 11.4 Å². The Bertz CT molecular complexity index is 769. The molecule has 0 radical (unpaired) electrons. The summed E-state index contributed by atoms with van der Waals surface area (Å²) >= 11 is 0. The SMILES string of the molecule is CCN(C(=O)c1ccc([N+](=O)[O-])c(C)c1)c1cc(C)ccc1C. The summed E-state index contributed by atoms with van der Waals surface area (Å²) in [6, 6.07) is 10.5. The Balaban J connectivity index is 2.43. The first-order valence-corrected chi connectivity index (χ1v) is 7.49. The summed E-state index contributed by atoms with van der Waals surface area (Å²) < 4.78 is 0. The van der Waals surface area contributed by atoms with Crippen LogP contribution in [-0.4, -0.2) is 17.4 Å². The maximum Gasteiger partial charge on any atom is 0.272 e. The summed E-state index contributed by atoms with van der Waals surface area (Å²) in [6.45, 7) is 8.03. The zero-order valence-corrected chi connectivity index (χ0v) is 13.8. The molecule has 0 aliphatic carbocycles. The molecular weight excluding hydrogens is 292 g/mol. The number of nitrogens with zero attached hydrogens (tertiary/aromatic N) is 2. The predicted molar refractivity (Wildman–Crippen MR) is 91.1 cm³/mol. The fourth-order valence-electron chi connectivity index (χ4n) is 2.58. The van der Waals surface area contributed by atoms with Gasteiger partial charge in [0, 0.05) is 29.4 Å². The molecule has 0 saturated heterocycles. The lowest BCUT2D eigenvalue weighted by atomic mass is 10.1. The van der Waals surface area contributed by atoms with Gasteiger partial charge in [-0.3, -0.25) is 14.9 Å². The van der Waals surface area contributed by atoms with Gasteiger partial charge in [0.05, 0.1) is 4.92 Å². The van der Waals surface area contributed by atoms with Gasteiger partial charge in [-0.05, 0) is 57.0 Å². The maximum absolute atomic E-state index is 12.8. The minimum absolute atomic E-state index is 0.0244. The minimum Gasteiger partial charge on any atom is -0.308 e. The second-order valence-corrected chi connectivity index (χ2v) is 5.60. The second kappa shape index (κ2) is 6.60. The molecule has 0 spiro atoms. The Morgan fingerprint density at radius 3 is 2.35 bits per heavy atom. The van der Waals surface area contributed by atoms with Crippen LogP contribution in [0.4, 0.5) is 11.4 Å². The zero-order valence-electron chi connectivity index (χ0n) is 13.8. The molecule has 2 aromatic rings. The van der Waals surface area contributed by atoms with E-state index in [9.17, 15) is 14.9 Å². The van der Waals surface area contributed by atoms with Gasteiger partial charge in [-0.25, -0.2) is 0 Å². The van der Waals surface area contributed by atoms with Crippen molar-refractivity contribution in [2.24, 2.45) is 0 Å². The van der Waals surface area contributed by atoms with E-state index in [0.29, 0.717) is 17.7 Å². The molecule has 0 heterocycles. The van der Waals surface area contributed by atoms with Gasteiger partial charge in [-0.1, -0.05) is 12.1 Å². The molecule has 0 bridgehead atoms. The Kier molecular flexibility index (Phi) is 4.79. The number of benzene rings is 2. The highest BCUT2D eigenvalue weighted by Gasteiger charge is 2.20. The lowest BCUT2D eigenvalue weighted by molar-refractivity contribution is -0.385. The second-order valence-electron chi connectivity index (χ2n) is 5.60. The third-order valence-electron chi connectivity index (χ3n) is 3.86. The molecule has 0 saturated carbocycles. The number of anilines is 1. The number of nitro benzene ring substituents is 1. The van der Waals surface area contributed by atoms with Crippen LogP contribution in [0.1, 0.15) is 34.0 Å². The summed E-state index contributed by atoms with van der Waals surface area (Å²) in [5, 5.41) is 10.9. The molecule has 0 atom stereocenters. The molecule has 0 fully saturated rings. The summed E-state index contributed by atoms with van der Waals surface area (Å²) in [7, 11) is 0. The van der Waals surface area contributed by atoms with Crippen molar-refractivity contribution in [2.45, 2.75) is 27.7 Å². The normalized spacial score (nSPS) is 10.4. The maximum atomic E-state index is 12.8. The number of carbonyl (C=O) groups is 1. The number of rotatable bonds is 4. The van der Waals surface area contributed by atoms with E-state index in [-0.39, 0.29) is 11.6 Å². The molecule has 0 aromatic heterocycles. The molecule has 23 heavy (non-hydrogen) atoms. The van der Waals surface area contributed by atoms with Crippen molar-refractivity contribution in [3.05, 3.63) is 68.8 Å². The van der Waals surface area contributed by atoms with Crippen LogP contribution in [0.15, 0.2) is 36.4 Å². The molecule has 0 aliphatic heterocycles. The molecule has 2 rings (SSSR count). The van der Waals surface area contributed by atoms with Gasteiger partial charge in [0.15, 0.2) is 0 Å². The third-order valence-corrected chi connectivity index (χ3v) is 3.86. The van der Waals surface area contributed by atoms with Crippen LogP contribution in [0.25, 0.3) is 0 Å². The van der Waals surface area contributed by atoms with Crippen molar-refractivity contribution in [1.82, 2.24) is 0 Å². The van der Waals surface area contributed by atoms with E-state index >= 15 is 0 Å². The average Bonchev–Trinajstić information content (AvgIpc) is 2.50. The van der Waals surface area contributed by atoms with Gasteiger partial charge >= 0.3 is 0 Å². The molecular formula is C18H20N2O3. The van der Waals surface area contributed by atoms with Crippen molar-refractivity contribution in [3.63, 3.8) is 0 Å². The summed E-state index contributed by atoms with van der Waals surface area (Å²) in [4.78, 5) is 25.0. The van der Waals surface area contributed by atoms with Gasteiger partial charge in [-0.2, -0.15) is 0 Å². The minimum atomic E-state index is -0.439. The number of amides is 1. The van der Waals surface area contributed by atoms with E-state index < -0.39 is 4.92 Å². The summed E-state index contributed by atoms with van der Waals surface area (Å²) in [6.07, 6.45) is 0. The monoisotopic (exact) mass is 312 g/mol. The lowest BCUT2D eigenvalue weighted by Gasteiger charge is -2.23. The molecule has 5 heteroatoms. The van der Waals surface area contributed by atoms with Gasteiger partial charge in [0.25, 0.3) is 11.6 Å². The number of aryl methyl sites for hydroxylation is 3. The van der Waals surface area contributed by atoms with Crippen LogP contribution >= 0.6 is 0 Å². The van der Waals surface area contributed by atoms with Crippen LogP contribution in [0.3, 0.4) is 0 Å². The van der Waals surface area contributed by atoms with Crippen LogP contribution in [-0.2, 0) is 0 Å². The number of hydrogen-bond donors (Lipinski definition) is 0. The average molecular weight is 312 g/mol. The van der Waals surface area contributed by atoms with Crippen molar-refractivity contribution in [3.8, 4) is 0 Å². The molecule has 5 nitrogen and oxygen atoms in total. The Labute approximate surface area is 135 Å². The highest BCUT2D eigenvalue weighted by atomic mass is 16.6. The van der Waals surface area contributed by atoms with Crippen LogP contribution < -0.4 is 4.90 Å². The van der Waals surface area contributed by atoms with Gasteiger partial charge < -0.3 is 4.90 Å². The number of carbonyl (C=O) groups excluding carboxylic acids is 1. The summed E-state index contributed by atoms with van der Waals surface area (Å²) in [5.41, 5.74) is 3.93. The lowest BCUT2D eigenvalue weighted by Crippen LogP contribution is -2.31. The molecule has 120 valence electrons. The van der Waals surface area contributed by atoms with E-state index in [2.05, 4.69) is 0 Å². The van der Waals surface area contributed by atoms with E-state index in [1.807, 2.05) is 39.0 Å². The van der Waals surface area contributed by atoms with Crippen molar-refractivity contribution < 1.29 is 9.72 Å². The predicted octanol–water partition coefficient (Wildman–Crippen LogP) is 4.19. The molecule has 2 aromatic carbocycles. The third kappa shape index (κ3) is 3.39. The first kappa shape index (κ1) is 16.7. The number of nitro groups is 1. The Morgan fingerprint density at radius 1 is 1.09 bits per heavy atom. The van der Waals surface area contributed by atoms with Crippen LogP contribution in [0.5, 0.6) is 0 Å². The fraction of sp³-hybridized carbons (Fsp3) is 0.278. The molecule has 1 amide bonds. The van der Waals surface area contributed by atoms with E-state index in [1.54, 1.807) is 17.9 Å². The van der Waals surface area contributed by atoms with Gasteiger partial charge in [-0.15, -0.1) is 0 Å². The van der Waals surface area contributed by atoms with Gasteiger partial charge in [0.2, 0.25) is 0 Å². The smallest absolute Gasteiger partial charge is 0.272 e. The molecule has 0 unspecified atom stereocenters.